The fourth-order valence-corrected chi connectivity index (χ4v) is 5.18. The van der Waals surface area contributed by atoms with Crippen LogP contribution in [0.3, 0.4) is 0 Å². The van der Waals surface area contributed by atoms with E-state index in [0.29, 0.717) is 49.7 Å². The van der Waals surface area contributed by atoms with Crippen LogP contribution < -0.4 is 0 Å². The molecule has 0 aromatic carbocycles. The van der Waals surface area contributed by atoms with Gasteiger partial charge < -0.3 is 14.2 Å². The van der Waals surface area contributed by atoms with Crippen molar-refractivity contribution in [1.29, 1.82) is 0 Å². The molecule has 0 atom stereocenters. The Morgan fingerprint density at radius 2 is 1.56 bits per heavy atom. The van der Waals surface area contributed by atoms with Crippen LogP contribution in [-0.2, 0) is 10.2 Å². The molecule has 0 saturated carbocycles. The fraction of sp³-hybridized carbons (Fsp3) is 0.667. The summed E-state index contributed by atoms with van der Waals surface area (Å²) in [7, 11) is -1.47. The average molecular weight is 435 g/mol. The summed E-state index contributed by atoms with van der Waals surface area (Å²) in [5.74, 6) is 0.113. The molecular weight excluding hydrogens is 412 g/mol. The molecule has 3 heterocycles. The van der Waals surface area contributed by atoms with Crippen molar-refractivity contribution in [3.63, 3.8) is 0 Å². The highest BCUT2D eigenvalue weighted by molar-refractivity contribution is 9.10. The molecule has 2 aliphatic rings. The molecular formula is C15H23BrN4O4S. The maximum absolute atomic E-state index is 12.8. The van der Waals surface area contributed by atoms with E-state index in [1.807, 2.05) is 14.0 Å². The Labute approximate surface area is 156 Å². The van der Waals surface area contributed by atoms with E-state index in [0.717, 1.165) is 18.7 Å². The van der Waals surface area contributed by atoms with Gasteiger partial charge in [-0.2, -0.15) is 17.0 Å². The van der Waals surface area contributed by atoms with Gasteiger partial charge in [-0.05, 0) is 36.0 Å². The van der Waals surface area contributed by atoms with Crippen molar-refractivity contribution in [3.8, 4) is 0 Å². The molecule has 140 valence electrons. The first kappa shape index (κ1) is 18.8. The Kier molecular flexibility index (Phi) is 5.54. The normalized spacial score (nSPS) is 21.6. The Hall–Kier alpha value is -0.940. The van der Waals surface area contributed by atoms with E-state index in [9.17, 15) is 13.2 Å². The van der Waals surface area contributed by atoms with Gasteiger partial charge in [0.25, 0.3) is 16.1 Å². The van der Waals surface area contributed by atoms with Crippen molar-refractivity contribution in [2.45, 2.75) is 6.92 Å². The molecule has 0 radical (unpaired) electrons. The van der Waals surface area contributed by atoms with Gasteiger partial charge in [0.1, 0.15) is 0 Å². The highest BCUT2D eigenvalue weighted by Gasteiger charge is 2.35. The van der Waals surface area contributed by atoms with Crippen molar-refractivity contribution in [2.75, 3.05) is 59.4 Å². The number of likely N-dealkylation sites (N-methyl/N-ethyl adjacent to an activating group) is 1. The molecule has 25 heavy (non-hydrogen) atoms. The zero-order valence-corrected chi connectivity index (χ0v) is 16.8. The average Bonchev–Trinajstić information content (AvgIpc) is 2.93. The molecule has 8 nitrogen and oxygen atoms in total. The van der Waals surface area contributed by atoms with Gasteiger partial charge in [-0.3, -0.25) is 4.79 Å². The Morgan fingerprint density at radius 1 is 1.04 bits per heavy atom. The van der Waals surface area contributed by atoms with E-state index >= 15 is 0 Å². The molecule has 10 heteroatoms. The van der Waals surface area contributed by atoms with Gasteiger partial charge in [-0.15, -0.1) is 0 Å². The maximum atomic E-state index is 12.8. The molecule has 1 aromatic heterocycles. The lowest BCUT2D eigenvalue weighted by atomic mass is 10.2. The number of hydrogen-bond acceptors (Lipinski definition) is 5. The number of halogens is 1. The lowest BCUT2D eigenvalue weighted by Gasteiger charge is -2.38. The Bertz CT molecular complexity index is 735. The molecule has 1 amide bonds. The first-order valence-corrected chi connectivity index (χ1v) is 10.5. The van der Waals surface area contributed by atoms with E-state index in [-0.39, 0.29) is 5.91 Å². The number of amides is 1. The van der Waals surface area contributed by atoms with E-state index in [1.54, 1.807) is 11.0 Å². The van der Waals surface area contributed by atoms with Gasteiger partial charge in [0.2, 0.25) is 0 Å². The summed E-state index contributed by atoms with van der Waals surface area (Å²) < 4.78 is 34.5. The third-order valence-corrected chi connectivity index (χ3v) is 7.15. The highest BCUT2D eigenvalue weighted by atomic mass is 79.9. The zero-order valence-electron chi connectivity index (χ0n) is 14.4. The van der Waals surface area contributed by atoms with Crippen LogP contribution in [-0.4, -0.2) is 92.1 Å². The molecule has 0 bridgehead atoms. The summed E-state index contributed by atoms with van der Waals surface area (Å²) >= 11 is 3.23. The van der Waals surface area contributed by atoms with E-state index in [1.165, 1.54) is 8.61 Å². The van der Waals surface area contributed by atoms with Crippen LogP contribution in [0, 0.1) is 6.92 Å². The van der Waals surface area contributed by atoms with Crippen molar-refractivity contribution in [3.05, 3.63) is 22.1 Å². The number of carbonyl (C=O) groups excluding carboxylic acids is 1. The number of piperazine rings is 2. The van der Waals surface area contributed by atoms with Crippen LogP contribution >= 0.6 is 15.9 Å². The van der Waals surface area contributed by atoms with Crippen molar-refractivity contribution >= 4 is 32.0 Å². The maximum Gasteiger partial charge on any atom is 0.289 e. The minimum atomic E-state index is -3.46. The lowest BCUT2D eigenvalue weighted by Crippen LogP contribution is -2.57. The predicted octanol–water partition coefficient (Wildman–Crippen LogP) is 0.601. The van der Waals surface area contributed by atoms with Crippen LogP contribution in [0.15, 0.2) is 15.2 Å². The van der Waals surface area contributed by atoms with Crippen LogP contribution in [0.5, 0.6) is 0 Å². The third-order valence-electron chi connectivity index (χ3n) is 4.72. The van der Waals surface area contributed by atoms with Crippen molar-refractivity contribution in [2.24, 2.45) is 0 Å². The number of rotatable bonds is 3. The van der Waals surface area contributed by atoms with Crippen molar-refractivity contribution < 1.29 is 17.6 Å². The number of nitrogens with zero attached hydrogens (tertiary/aromatic N) is 4. The number of furan rings is 1. The quantitative estimate of drug-likeness (QED) is 0.695. The standard InChI is InChI=1S/C15H23BrN4O4S/c1-12-11-13(16)24-14(12)15(21)18-5-9-20(10-6-18)25(22,23)19-7-3-17(2)4-8-19/h11H,3-10H2,1-2H3. The second-order valence-electron chi connectivity index (χ2n) is 6.46. The molecule has 0 aliphatic carbocycles. The van der Waals surface area contributed by atoms with Crippen LogP contribution in [0.4, 0.5) is 0 Å². The topological polar surface area (TPSA) is 77.3 Å². The number of carbonyl (C=O) groups is 1. The Morgan fingerprint density at radius 3 is 2.04 bits per heavy atom. The molecule has 1 aromatic rings. The largest absolute Gasteiger partial charge is 0.444 e. The monoisotopic (exact) mass is 434 g/mol. The molecule has 0 spiro atoms. The van der Waals surface area contributed by atoms with E-state index in [4.69, 9.17) is 4.42 Å². The first-order chi connectivity index (χ1) is 11.8. The molecule has 2 fully saturated rings. The van der Waals surface area contributed by atoms with Crippen molar-refractivity contribution in [1.82, 2.24) is 18.4 Å². The number of hydrogen-bond donors (Lipinski definition) is 0. The molecule has 2 saturated heterocycles. The molecule has 3 rings (SSSR count). The third kappa shape index (κ3) is 3.92. The summed E-state index contributed by atoms with van der Waals surface area (Å²) in [5.41, 5.74) is 0.768. The first-order valence-electron chi connectivity index (χ1n) is 8.28. The van der Waals surface area contributed by atoms with Crippen LogP contribution in [0.25, 0.3) is 0 Å². The molecule has 0 unspecified atom stereocenters. The van der Waals surface area contributed by atoms with E-state index in [2.05, 4.69) is 20.8 Å². The Balaban J connectivity index is 1.61. The predicted molar refractivity (Wildman–Crippen MR) is 96.6 cm³/mol. The fourth-order valence-electron chi connectivity index (χ4n) is 3.10. The summed E-state index contributed by atoms with van der Waals surface area (Å²) in [4.78, 5) is 16.3. The smallest absolute Gasteiger partial charge is 0.289 e. The van der Waals surface area contributed by atoms with Gasteiger partial charge in [-0.1, -0.05) is 0 Å². The van der Waals surface area contributed by atoms with E-state index < -0.39 is 10.2 Å². The summed E-state index contributed by atoms with van der Waals surface area (Å²) in [6.07, 6.45) is 0. The van der Waals surface area contributed by atoms with Gasteiger partial charge in [0.15, 0.2) is 10.4 Å². The van der Waals surface area contributed by atoms with Crippen LogP contribution in [0.1, 0.15) is 16.1 Å². The second-order valence-corrected chi connectivity index (χ2v) is 9.17. The minimum absolute atomic E-state index is 0.195. The lowest BCUT2D eigenvalue weighted by molar-refractivity contribution is 0.0658. The van der Waals surface area contributed by atoms with Crippen LogP contribution in [0.2, 0.25) is 0 Å². The molecule has 2 aliphatic heterocycles. The number of aryl methyl sites for hydroxylation is 1. The summed E-state index contributed by atoms with van der Waals surface area (Å²) in [6.45, 7) is 5.66. The summed E-state index contributed by atoms with van der Waals surface area (Å²) in [5, 5.41) is 0. The highest BCUT2D eigenvalue weighted by Crippen LogP contribution is 2.22. The van der Waals surface area contributed by atoms with Gasteiger partial charge in [-0.25, -0.2) is 0 Å². The summed E-state index contributed by atoms with van der Waals surface area (Å²) in [6, 6.07) is 1.75. The SMILES string of the molecule is Cc1cc(Br)oc1C(=O)N1CCN(S(=O)(=O)N2CCN(C)CC2)CC1. The zero-order chi connectivity index (χ0) is 18.2. The van der Waals surface area contributed by atoms with Gasteiger partial charge in [0, 0.05) is 57.9 Å². The minimum Gasteiger partial charge on any atom is -0.444 e. The second kappa shape index (κ2) is 7.36. The van der Waals surface area contributed by atoms with Gasteiger partial charge in [0.05, 0.1) is 0 Å². The molecule has 0 N–H and O–H groups in total. The van der Waals surface area contributed by atoms with Gasteiger partial charge >= 0.3 is 0 Å².